The molecule has 0 amide bonds. The number of halogens is 1. The van der Waals surface area contributed by atoms with Crippen molar-refractivity contribution < 1.29 is 12.8 Å². The highest BCUT2D eigenvalue weighted by Crippen LogP contribution is 2.34. The fourth-order valence-corrected chi connectivity index (χ4v) is 4.98. The summed E-state index contributed by atoms with van der Waals surface area (Å²) >= 11 is 0. The molecule has 1 aromatic carbocycles. The first-order valence-corrected chi connectivity index (χ1v) is 13.6. The van der Waals surface area contributed by atoms with Crippen LogP contribution in [-0.4, -0.2) is 49.4 Å². The van der Waals surface area contributed by atoms with Gasteiger partial charge in [-0.1, -0.05) is 0 Å². The smallest absolute Gasteiger partial charge is 0.209 e. The number of rotatable bonds is 6. The normalized spacial score (nSPS) is 12.1. The predicted molar refractivity (Wildman–Crippen MR) is 143 cm³/mol. The molecule has 5 aromatic heterocycles. The Bertz CT molecular complexity index is 1960. The highest BCUT2D eigenvalue weighted by Gasteiger charge is 2.17. The van der Waals surface area contributed by atoms with Crippen molar-refractivity contribution >= 4 is 32.1 Å². The average Bonchev–Trinajstić information content (AvgIpc) is 3.58. The van der Waals surface area contributed by atoms with E-state index in [9.17, 15) is 12.8 Å². The summed E-state index contributed by atoms with van der Waals surface area (Å²) in [4.78, 5) is 16.7. The van der Waals surface area contributed by atoms with Gasteiger partial charge in [0.05, 0.1) is 23.8 Å². The van der Waals surface area contributed by atoms with Crippen molar-refractivity contribution in [2.75, 3.05) is 6.26 Å². The van der Waals surface area contributed by atoms with Crippen LogP contribution in [-0.2, 0) is 23.6 Å². The Balaban J connectivity index is 1.44. The minimum atomic E-state index is -3.42. The van der Waals surface area contributed by atoms with Gasteiger partial charge in [0.2, 0.25) is 10.0 Å². The van der Waals surface area contributed by atoms with Crippen LogP contribution in [0, 0.1) is 12.7 Å². The lowest BCUT2D eigenvalue weighted by Gasteiger charge is -2.08. The molecule has 0 fully saturated rings. The second-order valence-electron chi connectivity index (χ2n) is 9.19. The Kier molecular flexibility index (Phi) is 5.58. The third-order valence-corrected chi connectivity index (χ3v) is 7.20. The van der Waals surface area contributed by atoms with Gasteiger partial charge >= 0.3 is 0 Å². The van der Waals surface area contributed by atoms with Gasteiger partial charge in [0.15, 0.2) is 5.65 Å². The van der Waals surface area contributed by atoms with Crippen LogP contribution in [0.1, 0.15) is 11.4 Å². The number of aromatic amines is 2. The molecular weight excluding hydrogens is 507 g/mol. The van der Waals surface area contributed by atoms with Crippen molar-refractivity contribution in [1.82, 2.24) is 39.4 Å². The Labute approximate surface area is 217 Å². The van der Waals surface area contributed by atoms with Crippen LogP contribution in [0.2, 0.25) is 0 Å². The van der Waals surface area contributed by atoms with E-state index in [1.54, 1.807) is 24.5 Å². The largest absolute Gasteiger partial charge is 0.338 e. The maximum absolute atomic E-state index is 14.5. The highest BCUT2D eigenvalue weighted by atomic mass is 32.2. The fourth-order valence-electron chi connectivity index (χ4n) is 4.55. The highest BCUT2D eigenvalue weighted by molar-refractivity contribution is 7.88. The van der Waals surface area contributed by atoms with Crippen LogP contribution in [0.15, 0.2) is 55.0 Å². The number of hydrogen-bond donors (Lipinski definition) is 3. The van der Waals surface area contributed by atoms with Gasteiger partial charge in [0.25, 0.3) is 0 Å². The van der Waals surface area contributed by atoms with Crippen molar-refractivity contribution in [3.8, 4) is 33.8 Å². The number of nitrogens with one attached hydrogen (secondary N) is 3. The number of imidazole rings is 1. The van der Waals surface area contributed by atoms with Gasteiger partial charge in [0, 0.05) is 42.3 Å². The van der Waals surface area contributed by atoms with E-state index in [1.165, 1.54) is 12.1 Å². The molecule has 6 rings (SSSR count). The molecule has 192 valence electrons. The maximum atomic E-state index is 14.5. The van der Waals surface area contributed by atoms with E-state index in [0.717, 1.165) is 45.4 Å². The van der Waals surface area contributed by atoms with Crippen molar-refractivity contribution in [3.63, 3.8) is 0 Å². The van der Waals surface area contributed by atoms with Gasteiger partial charge in [-0.2, -0.15) is 5.10 Å². The monoisotopic (exact) mass is 530 g/mol. The van der Waals surface area contributed by atoms with Gasteiger partial charge in [-0.05, 0) is 60.0 Å². The molecule has 0 aliphatic carbocycles. The third-order valence-electron chi connectivity index (χ3n) is 6.53. The lowest BCUT2D eigenvalue weighted by Crippen LogP contribution is -2.21. The molecule has 38 heavy (non-hydrogen) atoms. The second kappa shape index (κ2) is 8.85. The third kappa shape index (κ3) is 4.33. The number of nitrogens with zero attached hydrogens (tertiary/aromatic N) is 5. The molecule has 0 saturated heterocycles. The molecule has 12 heteroatoms. The first-order chi connectivity index (χ1) is 18.2. The number of sulfonamides is 1. The van der Waals surface area contributed by atoms with Gasteiger partial charge in [-0.15, -0.1) is 0 Å². The summed E-state index contributed by atoms with van der Waals surface area (Å²) in [5, 5.41) is 9.10. The molecule has 3 N–H and O–H groups in total. The summed E-state index contributed by atoms with van der Waals surface area (Å²) in [7, 11) is -1.46. The fraction of sp³-hybridized carbons (Fsp3) is 0.154. The number of hydrogen-bond acceptors (Lipinski definition) is 6. The summed E-state index contributed by atoms with van der Waals surface area (Å²) in [6.07, 6.45) is 6.31. The molecule has 0 saturated carbocycles. The van der Waals surface area contributed by atoms with E-state index in [2.05, 4.69) is 34.9 Å². The van der Waals surface area contributed by atoms with Gasteiger partial charge in [-0.25, -0.2) is 32.5 Å². The van der Waals surface area contributed by atoms with E-state index in [-0.39, 0.29) is 6.54 Å². The zero-order chi connectivity index (χ0) is 26.6. The van der Waals surface area contributed by atoms with Crippen LogP contribution in [0.5, 0.6) is 0 Å². The summed E-state index contributed by atoms with van der Waals surface area (Å²) in [6, 6.07) is 10.2. The first kappa shape index (κ1) is 23.9. The van der Waals surface area contributed by atoms with E-state index in [1.807, 2.05) is 36.9 Å². The summed E-state index contributed by atoms with van der Waals surface area (Å²) in [5.41, 5.74) is 6.37. The SMILES string of the molecule is Cc1ncc(-c2cnc3[nH]nc(-c4cc5c(-c6cc(F)cc(CNS(C)(=O)=O)c6)ccnc5[nH]4)c3c2)n1C. The number of benzene rings is 1. The maximum Gasteiger partial charge on any atom is 0.209 e. The van der Waals surface area contributed by atoms with Crippen LogP contribution < -0.4 is 4.72 Å². The Hall–Kier alpha value is -4.42. The Morgan fingerprint density at radius 2 is 1.84 bits per heavy atom. The van der Waals surface area contributed by atoms with Gasteiger partial charge in [-0.3, -0.25) is 5.10 Å². The molecule has 10 nitrogen and oxygen atoms in total. The minimum absolute atomic E-state index is 0.0129. The first-order valence-electron chi connectivity index (χ1n) is 11.7. The van der Waals surface area contributed by atoms with Gasteiger partial charge < -0.3 is 9.55 Å². The summed E-state index contributed by atoms with van der Waals surface area (Å²) in [6.45, 7) is 1.93. The number of H-pyrrole nitrogens is 2. The minimum Gasteiger partial charge on any atom is -0.338 e. The Morgan fingerprint density at radius 1 is 1.00 bits per heavy atom. The predicted octanol–water partition coefficient (Wildman–Crippen LogP) is 4.07. The second-order valence-corrected chi connectivity index (χ2v) is 11.0. The lowest BCUT2D eigenvalue weighted by atomic mass is 10.0. The van der Waals surface area contributed by atoms with Crippen molar-refractivity contribution in [1.29, 1.82) is 0 Å². The molecule has 0 aliphatic heterocycles. The number of aryl methyl sites for hydroxylation is 1. The van der Waals surface area contributed by atoms with Crippen molar-refractivity contribution in [2.45, 2.75) is 13.5 Å². The van der Waals surface area contributed by atoms with Crippen molar-refractivity contribution in [3.05, 3.63) is 72.2 Å². The molecule has 0 unspecified atom stereocenters. The topological polar surface area (TPSA) is 134 Å². The van der Waals surface area contributed by atoms with E-state index in [0.29, 0.717) is 28.1 Å². The van der Waals surface area contributed by atoms with Crippen LogP contribution >= 0.6 is 0 Å². The molecule has 5 heterocycles. The molecule has 0 atom stereocenters. The number of fused-ring (bicyclic) bond motifs is 2. The quantitative estimate of drug-likeness (QED) is 0.297. The molecule has 0 aliphatic rings. The van der Waals surface area contributed by atoms with Crippen LogP contribution in [0.4, 0.5) is 4.39 Å². The average molecular weight is 531 g/mol. The van der Waals surface area contributed by atoms with Crippen molar-refractivity contribution in [2.24, 2.45) is 7.05 Å². The Morgan fingerprint density at radius 3 is 2.61 bits per heavy atom. The number of aromatic nitrogens is 7. The zero-order valence-electron chi connectivity index (χ0n) is 20.7. The summed E-state index contributed by atoms with van der Waals surface area (Å²) < 4.78 is 41.9. The summed E-state index contributed by atoms with van der Waals surface area (Å²) in [5.74, 6) is 0.435. The molecule has 6 aromatic rings. The standard InChI is InChI=1S/C26H23FN8O2S/c1-14-29-13-23(35(14)2)17-9-21-24(33-34-26(21)30-12-17)22-10-20-19(4-5-28-25(20)32-22)16-6-15(7-18(27)8-16)11-31-38(3,36)37/h4-10,12-13,31H,11H2,1-3H3,(H,28,32)(H,30,33,34). The molecule has 0 bridgehead atoms. The molecule has 0 spiro atoms. The van der Waals surface area contributed by atoms with E-state index >= 15 is 0 Å². The zero-order valence-corrected chi connectivity index (χ0v) is 21.6. The van der Waals surface area contributed by atoms with E-state index in [4.69, 9.17) is 0 Å². The number of pyridine rings is 2. The lowest BCUT2D eigenvalue weighted by molar-refractivity contribution is 0.586. The molecule has 0 radical (unpaired) electrons. The van der Waals surface area contributed by atoms with Gasteiger partial charge in [0.1, 0.15) is 23.0 Å². The van der Waals surface area contributed by atoms with E-state index < -0.39 is 15.8 Å². The molecular formula is C26H23FN8O2S. The van der Waals surface area contributed by atoms with Crippen LogP contribution in [0.3, 0.4) is 0 Å². The van der Waals surface area contributed by atoms with Crippen LogP contribution in [0.25, 0.3) is 55.8 Å².